The Hall–Kier alpha value is -0.540. The minimum atomic E-state index is -1.06. The molecule has 15 heavy (non-hydrogen) atoms. The Balaban J connectivity index is 2.86. The number of benzene rings is 1. The van der Waals surface area contributed by atoms with Crippen molar-refractivity contribution in [2.75, 3.05) is 5.32 Å². The highest BCUT2D eigenvalue weighted by Gasteiger charge is 2.26. The van der Waals surface area contributed by atoms with Gasteiger partial charge in [-0.3, -0.25) is 4.79 Å². The molecule has 0 bridgehead atoms. The van der Waals surface area contributed by atoms with E-state index in [1.165, 1.54) is 0 Å². The number of carbonyl (C=O) groups is 1. The van der Waals surface area contributed by atoms with Gasteiger partial charge in [-0.1, -0.05) is 33.6 Å². The molecule has 0 heterocycles. The lowest BCUT2D eigenvalue weighted by atomic mass is 10.1. The number of halogens is 2. The number of aryl methyl sites for hydroxylation is 2. The smallest absolute Gasteiger partial charge is 0.256 e. The standard InChI is InChI=1S/C11H13BrClNO/c1-7-4-8(2)6-9(5-7)14-10(15)11(3,12)13/h4-6H,1-3H3,(H,14,15). The van der Waals surface area contributed by atoms with E-state index in [1.807, 2.05) is 32.0 Å². The Labute approximate surface area is 103 Å². The van der Waals surface area contributed by atoms with Gasteiger partial charge in [-0.05, 0) is 44.0 Å². The van der Waals surface area contributed by atoms with Gasteiger partial charge in [-0.15, -0.1) is 0 Å². The second kappa shape index (κ2) is 4.54. The van der Waals surface area contributed by atoms with Crippen LogP contribution in [0.1, 0.15) is 18.1 Å². The molecule has 0 spiro atoms. The molecule has 0 aliphatic heterocycles. The van der Waals surface area contributed by atoms with Crippen molar-refractivity contribution >= 4 is 39.1 Å². The van der Waals surface area contributed by atoms with Gasteiger partial charge in [0.1, 0.15) is 0 Å². The SMILES string of the molecule is Cc1cc(C)cc(NC(=O)C(C)(Cl)Br)c1. The predicted octanol–water partition coefficient (Wildman–Crippen LogP) is 3.59. The summed E-state index contributed by atoms with van der Waals surface area (Å²) >= 11 is 8.91. The normalized spacial score (nSPS) is 14.5. The average molecular weight is 291 g/mol. The van der Waals surface area contributed by atoms with E-state index in [1.54, 1.807) is 6.92 Å². The fraction of sp³-hybridized carbons (Fsp3) is 0.364. The van der Waals surface area contributed by atoms with Crippen molar-refractivity contribution in [3.05, 3.63) is 29.3 Å². The van der Waals surface area contributed by atoms with Crippen LogP contribution in [0.3, 0.4) is 0 Å². The zero-order chi connectivity index (χ0) is 11.6. The maximum absolute atomic E-state index is 11.6. The minimum Gasteiger partial charge on any atom is -0.324 e. The summed E-state index contributed by atoms with van der Waals surface area (Å²) in [6, 6.07) is 5.85. The van der Waals surface area contributed by atoms with E-state index < -0.39 is 3.78 Å². The van der Waals surface area contributed by atoms with Crippen LogP contribution in [0.5, 0.6) is 0 Å². The third-order valence-corrected chi connectivity index (χ3v) is 2.41. The number of rotatable bonds is 2. The molecule has 0 radical (unpaired) electrons. The molecule has 1 aromatic rings. The van der Waals surface area contributed by atoms with E-state index in [-0.39, 0.29) is 5.91 Å². The molecular weight excluding hydrogens is 277 g/mol. The summed E-state index contributed by atoms with van der Waals surface area (Å²) < 4.78 is -1.06. The molecule has 1 atom stereocenters. The van der Waals surface area contributed by atoms with Crippen molar-refractivity contribution in [3.8, 4) is 0 Å². The lowest BCUT2D eigenvalue weighted by Crippen LogP contribution is -2.28. The summed E-state index contributed by atoms with van der Waals surface area (Å²) in [6.45, 7) is 5.56. The number of amides is 1. The van der Waals surface area contributed by atoms with Crippen molar-refractivity contribution in [2.24, 2.45) is 0 Å². The van der Waals surface area contributed by atoms with Gasteiger partial charge < -0.3 is 5.32 Å². The number of hydrogen-bond acceptors (Lipinski definition) is 1. The number of nitrogens with one attached hydrogen (secondary N) is 1. The van der Waals surface area contributed by atoms with Crippen LogP contribution in [0.25, 0.3) is 0 Å². The van der Waals surface area contributed by atoms with Gasteiger partial charge in [-0.2, -0.15) is 0 Å². The van der Waals surface area contributed by atoms with Gasteiger partial charge >= 0.3 is 0 Å². The van der Waals surface area contributed by atoms with Crippen LogP contribution >= 0.6 is 27.5 Å². The first-order valence-corrected chi connectivity index (χ1v) is 5.74. The summed E-state index contributed by atoms with van der Waals surface area (Å²) in [4.78, 5) is 11.6. The van der Waals surface area contributed by atoms with Crippen LogP contribution in [0, 0.1) is 13.8 Å². The largest absolute Gasteiger partial charge is 0.324 e. The van der Waals surface area contributed by atoms with Crippen molar-refractivity contribution in [1.82, 2.24) is 0 Å². The number of hydrogen-bond donors (Lipinski definition) is 1. The highest BCUT2D eigenvalue weighted by Crippen LogP contribution is 2.25. The molecule has 0 aliphatic carbocycles. The Morgan fingerprint density at radius 1 is 1.33 bits per heavy atom. The van der Waals surface area contributed by atoms with Crippen molar-refractivity contribution < 1.29 is 4.79 Å². The number of carbonyl (C=O) groups excluding carboxylic acids is 1. The van der Waals surface area contributed by atoms with Crippen molar-refractivity contribution in [2.45, 2.75) is 24.6 Å². The van der Waals surface area contributed by atoms with Crippen LogP contribution in [0.2, 0.25) is 0 Å². The molecule has 1 aromatic carbocycles. The molecule has 2 nitrogen and oxygen atoms in total. The first-order valence-electron chi connectivity index (χ1n) is 4.56. The molecule has 82 valence electrons. The first kappa shape index (κ1) is 12.5. The molecule has 0 fully saturated rings. The van der Waals surface area contributed by atoms with E-state index in [0.717, 1.165) is 16.8 Å². The second-order valence-electron chi connectivity index (χ2n) is 3.72. The highest BCUT2D eigenvalue weighted by molar-refractivity contribution is 9.10. The quantitative estimate of drug-likeness (QED) is 0.829. The molecule has 0 aliphatic rings. The fourth-order valence-corrected chi connectivity index (χ4v) is 1.43. The maximum Gasteiger partial charge on any atom is 0.256 e. The lowest BCUT2D eigenvalue weighted by molar-refractivity contribution is -0.116. The molecule has 4 heteroatoms. The topological polar surface area (TPSA) is 29.1 Å². The number of alkyl halides is 2. The van der Waals surface area contributed by atoms with Crippen LogP contribution in [0.15, 0.2) is 18.2 Å². The van der Waals surface area contributed by atoms with Gasteiger partial charge in [0.2, 0.25) is 0 Å². The number of anilines is 1. The lowest BCUT2D eigenvalue weighted by Gasteiger charge is -2.14. The van der Waals surface area contributed by atoms with Gasteiger partial charge in [-0.25, -0.2) is 0 Å². The minimum absolute atomic E-state index is 0.269. The van der Waals surface area contributed by atoms with Crippen LogP contribution in [-0.4, -0.2) is 9.69 Å². The highest BCUT2D eigenvalue weighted by atomic mass is 79.9. The molecular formula is C11H13BrClNO. The third kappa shape index (κ3) is 3.84. The monoisotopic (exact) mass is 289 g/mol. The summed E-state index contributed by atoms with van der Waals surface area (Å²) in [6.07, 6.45) is 0. The van der Waals surface area contributed by atoms with Gasteiger partial charge in [0.25, 0.3) is 5.91 Å². The van der Waals surface area contributed by atoms with Crippen LogP contribution in [-0.2, 0) is 4.79 Å². The summed E-state index contributed by atoms with van der Waals surface area (Å²) in [5, 5.41) is 2.75. The maximum atomic E-state index is 11.6. The van der Waals surface area contributed by atoms with E-state index in [0.29, 0.717) is 0 Å². The van der Waals surface area contributed by atoms with Crippen molar-refractivity contribution in [1.29, 1.82) is 0 Å². The van der Waals surface area contributed by atoms with E-state index in [2.05, 4.69) is 21.2 Å². The Bertz CT molecular complexity index is 364. The van der Waals surface area contributed by atoms with E-state index in [9.17, 15) is 4.79 Å². The van der Waals surface area contributed by atoms with Gasteiger partial charge in [0.05, 0.1) is 0 Å². The zero-order valence-corrected chi connectivity index (χ0v) is 11.2. The van der Waals surface area contributed by atoms with E-state index in [4.69, 9.17) is 11.6 Å². The Kier molecular flexibility index (Phi) is 3.79. The molecule has 1 rings (SSSR count). The van der Waals surface area contributed by atoms with Crippen LogP contribution in [0.4, 0.5) is 5.69 Å². The van der Waals surface area contributed by atoms with Gasteiger partial charge in [0.15, 0.2) is 3.78 Å². The second-order valence-corrected chi connectivity index (χ2v) is 6.52. The average Bonchev–Trinajstić information content (AvgIpc) is 1.99. The van der Waals surface area contributed by atoms with Crippen LogP contribution < -0.4 is 5.32 Å². The Morgan fingerprint density at radius 2 is 1.80 bits per heavy atom. The molecule has 1 amide bonds. The Morgan fingerprint density at radius 3 is 2.20 bits per heavy atom. The predicted molar refractivity (Wildman–Crippen MR) is 67.7 cm³/mol. The molecule has 0 saturated carbocycles. The summed E-state index contributed by atoms with van der Waals surface area (Å²) in [5.41, 5.74) is 2.98. The van der Waals surface area contributed by atoms with Gasteiger partial charge in [0, 0.05) is 5.69 Å². The summed E-state index contributed by atoms with van der Waals surface area (Å²) in [7, 11) is 0. The van der Waals surface area contributed by atoms with Crippen molar-refractivity contribution in [3.63, 3.8) is 0 Å². The zero-order valence-electron chi connectivity index (χ0n) is 8.90. The van der Waals surface area contributed by atoms with E-state index >= 15 is 0 Å². The third-order valence-electron chi connectivity index (χ3n) is 1.88. The molecule has 0 saturated heterocycles. The first-order chi connectivity index (χ1) is 6.79. The summed E-state index contributed by atoms with van der Waals surface area (Å²) in [5.74, 6) is -0.269. The molecule has 0 aromatic heterocycles. The molecule has 1 unspecified atom stereocenters. The fourth-order valence-electron chi connectivity index (χ4n) is 1.29. The molecule has 1 N–H and O–H groups in total.